The van der Waals surface area contributed by atoms with Crippen LogP contribution in [-0.4, -0.2) is 6.04 Å². The van der Waals surface area contributed by atoms with E-state index in [1.807, 2.05) is 6.92 Å². The molecular formula is C17H27F2N. The van der Waals surface area contributed by atoms with E-state index >= 15 is 0 Å². The van der Waals surface area contributed by atoms with Gasteiger partial charge < -0.3 is 5.32 Å². The summed E-state index contributed by atoms with van der Waals surface area (Å²) in [6.45, 7) is 10.5. The topological polar surface area (TPSA) is 12.0 Å². The van der Waals surface area contributed by atoms with Crippen molar-refractivity contribution in [3.8, 4) is 0 Å². The minimum absolute atomic E-state index is 0.144. The Kier molecular flexibility index (Phi) is 6.60. The molecule has 1 aromatic rings. The van der Waals surface area contributed by atoms with E-state index in [0.717, 1.165) is 12.8 Å². The second kappa shape index (κ2) is 7.72. The fourth-order valence-corrected chi connectivity index (χ4v) is 2.73. The maximum absolute atomic E-state index is 13.8. The number of benzene rings is 1. The highest BCUT2D eigenvalue weighted by atomic mass is 19.1. The maximum Gasteiger partial charge on any atom is 0.130 e. The Bertz CT molecular complexity index is 385. The van der Waals surface area contributed by atoms with Crippen molar-refractivity contribution in [2.24, 2.45) is 11.8 Å². The molecule has 0 heterocycles. The van der Waals surface area contributed by atoms with Crippen LogP contribution < -0.4 is 5.32 Å². The van der Waals surface area contributed by atoms with Crippen molar-refractivity contribution in [1.29, 1.82) is 0 Å². The van der Waals surface area contributed by atoms with Gasteiger partial charge in [0.2, 0.25) is 0 Å². The van der Waals surface area contributed by atoms with Gasteiger partial charge in [-0.3, -0.25) is 0 Å². The van der Waals surface area contributed by atoms with Crippen LogP contribution in [-0.2, 0) is 0 Å². The molecule has 0 aliphatic heterocycles. The van der Waals surface area contributed by atoms with E-state index in [9.17, 15) is 8.78 Å². The molecule has 0 radical (unpaired) electrons. The standard InChI is InChI=1S/C17H27F2N/c1-11(2)9-14(10-12(3)4)20-13(5)17-15(18)7-6-8-16(17)19/h6-8,11-14,20H,9-10H2,1-5H3. The van der Waals surface area contributed by atoms with Gasteiger partial charge in [-0.2, -0.15) is 0 Å². The lowest BCUT2D eigenvalue weighted by Gasteiger charge is -2.27. The lowest BCUT2D eigenvalue weighted by atomic mass is 9.94. The van der Waals surface area contributed by atoms with Gasteiger partial charge in [-0.25, -0.2) is 8.78 Å². The summed E-state index contributed by atoms with van der Waals surface area (Å²) in [5.41, 5.74) is 0.144. The molecule has 0 aliphatic carbocycles. The molecule has 1 unspecified atom stereocenters. The molecule has 0 spiro atoms. The van der Waals surface area contributed by atoms with Crippen molar-refractivity contribution in [1.82, 2.24) is 5.32 Å². The van der Waals surface area contributed by atoms with E-state index in [2.05, 4.69) is 33.0 Å². The third kappa shape index (κ3) is 5.20. The van der Waals surface area contributed by atoms with Crippen LogP contribution in [0.3, 0.4) is 0 Å². The third-order valence-corrected chi connectivity index (χ3v) is 3.43. The van der Waals surface area contributed by atoms with Crippen LogP contribution in [0, 0.1) is 23.5 Å². The van der Waals surface area contributed by atoms with E-state index in [1.165, 1.54) is 18.2 Å². The normalized spacial score (nSPS) is 13.5. The fraction of sp³-hybridized carbons (Fsp3) is 0.647. The minimum Gasteiger partial charge on any atom is -0.307 e. The van der Waals surface area contributed by atoms with E-state index in [4.69, 9.17) is 0 Å². The smallest absolute Gasteiger partial charge is 0.130 e. The summed E-state index contributed by atoms with van der Waals surface area (Å²) in [6, 6.07) is 4.00. The Balaban J connectivity index is 2.81. The molecule has 3 heteroatoms. The molecule has 1 aromatic carbocycles. The van der Waals surface area contributed by atoms with Gasteiger partial charge in [-0.1, -0.05) is 33.8 Å². The van der Waals surface area contributed by atoms with Crippen molar-refractivity contribution >= 4 is 0 Å². The highest BCUT2D eigenvalue weighted by Crippen LogP contribution is 2.23. The lowest BCUT2D eigenvalue weighted by molar-refractivity contribution is 0.328. The van der Waals surface area contributed by atoms with Gasteiger partial charge in [0.15, 0.2) is 0 Å². The second-order valence-electron chi connectivity index (χ2n) is 6.48. The molecule has 1 atom stereocenters. The molecule has 1 N–H and O–H groups in total. The van der Waals surface area contributed by atoms with E-state index < -0.39 is 11.6 Å². The molecule has 0 saturated carbocycles. The third-order valence-electron chi connectivity index (χ3n) is 3.43. The first-order valence-corrected chi connectivity index (χ1v) is 7.51. The zero-order chi connectivity index (χ0) is 15.3. The fourth-order valence-electron chi connectivity index (χ4n) is 2.73. The molecule has 114 valence electrons. The molecule has 0 bridgehead atoms. The van der Waals surface area contributed by atoms with Crippen LogP contribution in [0.1, 0.15) is 59.1 Å². The first kappa shape index (κ1) is 17.1. The molecule has 0 saturated heterocycles. The number of nitrogens with one attached hydrogen (secondary N) is 1. The Morgan fingerprint density at radius 3 is 1.75 bits per heavy atom. The van der Waals surface area contributed by atoms with Crippen LogP contribution >= 0.6 is 0 Å². The van der Waals surface area contributed by atoms with Gasteiger partial charge in [0.25, 0.3) is 0 Å². The maximum atomic E-state index is 13.8. The van der Waals surface area contributed by atoms with Crippen molar-refractivity contribution in [3.05, 3.63) is 35.4 Å². The molecular weight excluding hydrogens is 256 g/mol. The molecule has 0 amide bonds. The quantitative estimate of drug-likeness (QED) is 0.736. The zero-order valence-electron chi connectivity index (χ0n) is 13.2. The predicted molar refractivity (Wildman–Crippen MR) is 80.6 cm³/mol. The van der Waals surface area contributed by atoms with E-state index in [0.29, 0.717) is 11.8 Å². The van der Waals surface area contributed by atoms with Gasteiger partial charge in [0.1, 0.15) is 11.6 Å². The summed E-state index contributed by atoms with van der Waals surface area (Å²) in [5.74, 6) is 0.170. The number of rotatable bonds is 7. The average Bonchev–Trinajstić information content (AvgIpc) is 2.26. The van der Waals surface area contributed by atoms with Crippen molar-refractivity contribution in [3.63, 3.8) is 0 Å². The average molecular weight is 283 g/mol. The van der Waals surface area contributed by atoms with Crippen molar-refractivity contribution < 1.29 is 8.78 Å². The number of halogens is 2. The highest BCUT2D eigenvalue weighted by molar-refractivity contribution is 5.22. The largest absolute Gasteiger partial charge is 0.307 e. The Morgan fingerprint density at radius 1 is 0.900 bits per heavy atom. The van der Waals surface area contributed by atoms with Gasteiger partial charge >= 0.3 is 0 Å². The van der Waals surface area contributed by atoms with Gasteiger partial charge in [-0.15, -0.1) is 0 Å². The molecule has 1 nitrogen and oxygen atoms in total. The predicted octanol–water partition coefficient (Wildman–Crippen LogP) is 5.08. The monoisotopic (exact) mass is 283 g/mol. The molecule has 0 aromatic heterocycles. The zero-order valence-corrected chi connectivity index (χ0v) is 13.2. The summed E-state index contributed by atoms with van der Waals surface area (Å²) in [7, 11) is 0. The summed E-state index contributed by atoms with van der Waals surface area (Å²) in [5, 5.41) is 3.40. The first-order chi connectivity index (χ1) is 9.31. The Labute approximate surface area is 121 Å². The first-order valence-electron chi connectivity index (χ1n) is 7.51. The van der Waals surface area contributed by atoms with Crippen LogP contribution in [0.5, 0.6) is 0 Å². The summed E-state index contributed by atoms with van der Waals surface area (Å²) in [6.07, 6.45) is 2.02. The van der Waals surface area contributed by atoms with Gasteiger partial charge in [0.05, 0.1) is 0 Å². The van der Waals surface area contributed by atoms with Gasteiger partial charge in [-0.05, 0) is 43.7 Å². The van der Waals surface area contributed by atoms with Crippen LogP contribution in [0.4, 0.5) is 8.78 Å². The van der Waals surface area contributed by atoms with E-state index in [-0.39, 0.29) is 17.6 Å². The van der Waals surface area contributed by atoms with Crippen LogP contribution in [0.15, 0.2) is 18.2 Å². The summed E-state index contributed by atoms with van der Waals surface area (Å²) < 4.78 is 27.6. The minimum atomic E-state index is -0.474. The molecule has 0 aliphatic rings. The van der Waals surface area contributed by atoms with Crippen molar-refractivity contribution in [2.45, 2.75) is 59.5 Å². The Hall–Kier alpha value is -0.960. The molecule has 0 fully saturated rings. The highest BCUT2D eigenvalue weighted by Gasteiger charge is 2.20. The summed E-state index contributed by atoms with van der Waals surface area (Å²) in [4.78, 5) is 0. The van der Waals surface area contributed by atoms with Gasteiger partial charge in [0, 0.05) is 17.6 Å². The SMILES string of the molecule is CC(C)CC(CC(C)C)NC(C)c1c(F)cccc1F. The number of hydrogen-bond donors (Lipinski definition) is 1. The summed E-state index contributed by atoms with van der Waals surface area (Å²) >= 11 is 0. The van der Waals surface area contributed by atoms with Crippen LogP contribution in [0.2, 0.25) is 0 Å². The van der Waals surface area contributed by atoms with Crippen LogP contribution in [0.25, 0.3) is 0 Å². The molecule has 1 rings (SSSR count). The van der Waals surface area contributed by atoms with Crippen molar-refractivity contribution in [2.75, 3.05) is 0 Å². The number of hydrogen-bond acceptors (Lipinski definition) is 1. The van der Waals surface area contributed by atoms with E-state index in [1.54, 1.807) is 0 Å². The molecule has 20 heavy (non-hydrogen) atoms. The Morgan fingerprint density at radius 2 is 1.35 bits per heavy atom. The lowest BCUT2D eigenvalue weighted by Crippen LogP contribution is -2.34. The second-order valence-corrected chi connectivity index (χ2v) is 6.48.